The summed E-state index contributed by atoms with van der Waals surface area (Å²) in [7, 11) is 1.58. The van der Waals surface area contributed by atoms with Crippen LogP contribution in [0.2, 0.25) is 0 Å². The number of carbonyl (C=O) groups is 2. The molecule has 2 amide bonds. The van der Waals surface area contributed by atoms with Crippen LogP contribution in [0.1, 0.15) is 0 Å². The zero-order valence-electron chi connectivity index (χ0n) is 12.1. The number of methoxy groups -OCH3 is 1. The number of ether oxygens (including phenoxy) is 1. The predicted octanol–water partition coefficient (Wildman–Crippen LogP) is 1.65. The molecule has 2 rings (SSSR count). The van der Waals surface area contributed by atoms with Crippen LogP contribution in [-0.2, 0) is 16.1 Å². The zero-order chi connectivity index (χ0) is 15.9. The van der Waals surface area contributed by atoms with Crippen molar-refractivity contribution in [1.29, 1.82) is 0 Å². The molecule has 0 atom stereocenters. The Morgan fingerprint density at radius 2 is 2.00 bits per heavy atom. The van der Waals surface area contributed by atoms with E-state index in [-0.39, 0.29) is 18.4 Å². The van der Waals surface area contributed by atoms with E-state index >= 15 is 0 Å². The minimum atomic E-state index is -0.331. The predicted molar refractivity (Wildman–Crippen MR) is 82.7 cm³/mol. The minimum Gasteiger partial charge on any atom is -0.497 e. The van der Waals surface area contributed by atoms with E-state index in [1.807, 2.05) is 0 Å². The Kier molecular flexibility index (Phi) is 4.92. The fraction of sp³-hybridized carbons (Fsp3) is 0.133. The average molecular weight is 300 g/mol. The number of hydrogen-bond acceptors (Lipinski definition) is 4. The summed E-state index contributed by atoms with van der Waals surface area (Å²) in [4.78, 5) is 23.1. The van der Waals surface area contributed by atoms with Crippen molar-refractivity contribution in [2.45, 2.75) is 6.54 Å². The van der Waals surface area contributed by atoms with Crippen molar-refractivity contribution in [3.63, 3.8) is 0 Å². The van der Waals surface area contributed by atoms with Crippen LogP contribution in [0.15, 0.2) is 49.3 Å². The Balaban J connectivity index is 1.91. The van der Waals surface area contributed by atoms with Crippen molar-refractivity contribution in [2.75, 3.05) is 17.7 Å². The molecule has 0 aliphatic heterocycles. The summed E-state index contributed by atoms with van der Waals surface area (Å²) in [6.45, 7) is 3.40. The Bertz CT molecular complexity index is 676. The van der Waals surface area contributed by atoms with E-state index in [2.05, 4.69) is 22.3 Å². The SMILES string of the molecule is C=CC(=O)Nc1cnn(CC(=O)Nc2ccc(OC)cc2)c1. The van der Waals surface area contributed by atoms with Gasteiger partial charge in [-0.1, -0.05) is 6.58 Å². The topological polar surface area (TPSA) is 85.2 Å². The lowest BCUT2D eigenvalue weighted by atomic mass is 10.3. The van der Waals surface area contributed by atoms with Gasteiger partial charge in [0.2, 0.25) is 11.8 Å². The molecule has 0 bridgehead atoms. The van der Waals surface area contributed by atoms with Gasteiger partial charge in [-0.05, 0) is 30.3 Å². The van der Waals surface area contributed by atoms with Crippen molar-refractivity contribution in [2.24, 2.45) is 0 Å². The molecule has 2 N–H and O–H groups in total. The smallest absolute Gasteiger partial charge is 0.247 e. The molecule has 0 fully saturated rings. The van der Waals surface area contributed by atoms with Gasteiger partial charge in [-0.3, -0.25) is 14.3 Å². The highest BCUT2D eigenvalue weighted by Crippen LogP contribution is 2.15. The van der Waals surface area contributed by atoms with E-state index in [1.165, 1.54) is 10.9 Å². The second-order valence-corrected chi connectivity index (χ2v) is 4.40. The number of amides is 2. The van der Waals surface area contributed by atoms with Crippen LogP contribution in [0.25, 0.3) is 0 Å². The van der Waals surface area contributed by atoms with E-state index in [0.717, 1.165) is 6.08 Å². The molecular formula is C15H16N4O3. The first-order valence-electron chi connectivity index (χ1n) is 6.50. The quantitative estimate of drug-likeness (QED) is 0.794. The summed E-state index contributed by atoms with van der Waals surface area (Å²) in [5, 5.41) is 9.31. The molecular weight excluding hydrogens is 284 g/mol. The highest BCUT2D eigenvalue weighted by atomic mass is 16.5. The van der Waals surface area contributed by atoms with Gasteiger partial charge in [0, 0.05) is 11.9 Å². The van der Waals surface area contributed by atoms with E-state index in [1.54, 1.807) is 37.6 Å². The highest BCUT2D eigenvalue weighted by molar-refractivity contribution is 5.98. The summed E-state index contributed by atoms with van der Waals surface area (Å²) in [6, 6.07) is 7.00. The van der Waals surface area contributed by atoms with Crippen LogP contribution in [-0.4, -0.2) is 28.7 Å². The number of nitrogens with zero attached hydrogens (tertiary/aromatic N) is 2. The number of carbonyl (C=O) groups excluding carboxylic acids is 2. The molecule has 1 aromatic heterocycles. The molecule has 0 unspecified atom stereocenters. The summed E-state index contributed by atoms with van der Waals surface area (Å²) in [5.74, 6) is 0.157. The molecule has 1 heterocycles. The lowest BCUT2D eigenvalue weighted by Gasteiger charge is -2.06. The molecule has 0 spiro atoms. The Labute approximate surface area is 127 Å². The summed E-state index contributed by atoms with van der Waals surface area (Å²) >= 11 is 0. The lowest BCUT2D eigenvalue weighted by molar-refractivity contribution is -0.117. The third-order valence-electron chi connectivity index (χ3n) is 2.77. The van der Waals surface area contributed by atoms with E-state index in [0.29, 0.717) is 17.1 Å². The maximum atomic E-state index is 11.9. The molecule has 114 valence electrons. The van der Waals surface area contributed by atoms with E-state index in [9.17, 15) is 9.59 Å². The molecule has 0 radical (unpaired) electrons. The molecule has 0 aliphatic rings. The van der Waals surface area contributed by atoms with Crippen LogP contribution < -0.4 is 15.4 Å². The molecule has 22 heavy (non-hydrogen) atoms. The molecule has 0 aliphatic carbocycles. The second-order valence-electron chi connectivity index (χ2n) is 4.40. The van der Waals surface area contributed by atoms with Gasteiger partial charge in [-0.15, -0.1) is 0 Å². The van der Waals surface area contributed by atoms with Crippen LogP contribution in [0.3, 0.4) is 0 Å². The largest absolute Gasteiger partial charge is 0.497 e. The summed E-state index contributed by atoms with van der Waals surface area (Å²) in [5.41, 5.74) is 1.17. The Morgan fingerprint density at radius 1 is 1.27 bits per heavy atom. The van der Waals surface area contributed by atoms with Crippen LogP contribution in [0, 0.1) is 0 Å². The number of benzene rings is 1. The first-order chi connectivity index (χ1) is 10.6. The fourth-order valence-electron chi connectivity index (χ4n) is 1.73. The lowest BCUT2D eigenvalue weighted by Crippen LogP contribution is -2.19. The Morgan fingerprint density at radius 3 is 2.64 bits per heavy atom. The normalized spacial score (nSPS) is 9.86. The number of nitrogens with one attached hydrogen (secondary N) is 2. The standard InChI is InChI=1S/C15H16N4O3/c1-3-14(20)18-12-8-16-19(9-12)10-15(21)17-11-4-6-13(22-2)7-5-11/h3-9H,1,10H2,2H3,(H,17,21)(H,18,20). The maximum Gasteiger partial charge on any atom is 0.247 e. The summed E-state index contributed by atoms with van der Waals surface area (Å²) < 4.78 is 6.47. The van der Waals surface area contributed by atoms with Gasteiger partial charge in [-0.25, -0.2) is 0 Å². The third-order valence-corrected chi connectivity index (χ3v) is 2.77. The van der Waals surface area contributed by atoms with Gasteiger partial charge in [0.25, 0.3) is 0 Å². The van der Waals surface area contributed by atoms with Crippen LogP contribution in [0.5, 0.6) is 5.75 Å². The molecule has 0 saturated carbocycles. The van der Waals surface area contributed by atoms with Gasteiger partial charge in [0.05, 0.1) is 19.0 Å². The van der Waals surface area contributed by atoms with Crippen LogP contribution in [0.4, 0.5) is 11.4 Å². The number of hydrogen-bond donors (Lipinski definition) is 2. The maximum absolute atomic E-state index is 11.9. The van der Waals surface area contributed by atoms with Gasteiger partial charge in [0.15, 0.2) is 0 Å². The Hall–Kier alpha value is -3.09. The van der Waals surface area contributed by atoms with Gasteiger partial charge in [0.1, 0.15) is 12.3 Å². The van der Waals surface area contributed by atoms with Gasteiger partial charge < -0.3 is 15.4 Å². The third kappa shape index (κ3) is 4.20. The highest BCUT2D eigenvalue weighted by Gasteiger charge is 2.06. The van der Waals surface area contributed by atoms with Crippen molar-refractivity contribution >= 4 is 23.2 Å². The van der Waals surface area contributed by atoms with Crippen molar-refractivity contribution < 1.29 is 14.3 Å². The van der Waals surface area contributed by atoms with Crippen molar-refractivity contribution in [3.8, 4) is 5.75 Å². The van der Waals surface area contributed by atoms with Crippen molar-refractivity contribution in [1.82, 2.24) is 9.78 Å². The first kappa shape index (κ1) is 15.3. The van der Waals surface area contributed by atoms with Crippen molar-refractivity contribution in [3.05, 3.63) is 49.3 Å². The van der Waals surface area contributed by atoms with E-state index < -0.39 is 0 Å². The molecule has 7 nitrogen and oxygen atoms in total. The molecule has 1 aromatic carbocycles. The molecule has 0 saturated heterocycles. The minimum absolute atomic E-state index is 0.0377. The number of aromatic nitrogens is 2. The summed E-state index contributed by atoms with van der Waals surface area (Å²) in [6.07, 6.45) is 4.19. The number of rotatable bonds is 6. The van der Waals surface area contributed by atoms with Gasteiger partial charge >= 0.3 is 0 Å². The number of anilines is 2. The fourth-order valence-corrected chi connectivity index (χ4v) is 1.73. The monoisotopic (exact) mass is 300 g/mol. The van der Waals surface area contributed by atoms with Gasteiger partial charge in [-0.2, -0.15) is 5.10 Å². The van der Waals surface area contributed by atoms with Crippen LogP contribution >= 0.6 is 0 Å². The molecule has 2 aromatic rings. The van der Waals surface area contributed by atoms with E-state index in [4.69, 9.17) is 4.74 Å². The zero-order valence-corrected chi connectivity index (χ0v) is 12.1. The molecule has 7 heteroatoms. The average Bonchev–Trinajstić information content (AvgIpc) is 2.94. The first-order valence-corrected chi connectivity index (χ1v) is 6.50. The second kappa shape index (κ2) is 7.07.